The van der Waals surface area contributed by atoms with Crippen molar-refractivity contribution < 1.29 is 4.74 Å². The van der Waals surface area contributed by atoms with Crippen molar-refractivity contribution >= 4 is 11.8 Å². The maximum absolute atomic E-state index is 5.91. The third-order valence-electron chi connectivity index (χ3n) is 3.16. The Balaban J connectivity index is 2.07. The van der Waals surface area contributed by atoms with Crippen molar-refractivity contribution in [1.29, 1.82) is 0 Å². The minimum atomic E-state index is 0.268. The molecule has 1 aromatic heterocycles. The van der Waals surface area contributed by atoms with Gasteiger partial charge in [-0.25, -0.2) is 0 Å². The van der Waals surface area contributed by atoms with E-state index in [0.717, 1.165) is 37.6 Å². The zero-order chi connectivity index (χ0) is 12.8. The summed E-state index contributed by atoms with van der Waals surface area (Å²) in [5.41, 5.74) is 1.25. The van der Waals surface area contributed by atoms with Crippen LogP contribution < -0.4 is 5.32 Å². The zero-order valence-corrected chi connectivity index (χ0v) is 12.1. The number of nitrogens with one attached hydrogen (secondary N) is 1. The van der Waals surface area contributed by atoms with E-state index in [1.54, 1.807) is 0 Å². The van der Waals surface area contributed by atoms with E-state index in [-0.39, 0.29) is 12.1 Å². The summed E-state index contributed by atoms with van der Waals surface area (Å²) in [7, 11) is 0. The number of thioether (sulfide) groups is 1. The Labute approximate surface area is 113 Å². The first kappa shape index (κ1) is 13.9. The van der Waals surface area contributed by atoms with Gasteiger partial charge in [-0.1, -0.05) is 6.92 Å². The first-order valence-electron chi connectivity index (χ1n) is 6.80. The fourth-order valence-corrected chi connectivity index (χ4v) is 3.08. The molecule has 0 saturated carbocycles. The van der Waals surface area contributed by atoms with Crippen LogP contribution in [0.2, 0.25) is 0 Å². The summed E-state index contributed by atoms with van der Waals surface area (Å²) in [6.07, 6.45) is 5.51. The van der Waals surface area contributed by atoms with Gasteiger partial charge in [0.25, 0.3) is 0 Å². The third-order valence-corrected chi connectivity index (χ3v) is 4.18. The molecule has 1 fully saturated rings. The van der Waals surface area contributed by atoms with E-state index in [4.69, 9.17) is 4.74 Å². The second-order valence-corrected chi connectivity index (χ2v) is 5.70. The van der Waals surface area contributed by atoms with Crippen molar-refractivity contribution in [3.8, 4) is 0 Å². The van der Waals surface area contributed by atoms with Gasteiger partial charge in [-0.2, -0.15) is 16.9 Å². The van der Waals surface area contributed by atoms with Gasteiger partial charge in [-0.3, -0.25) is 4.68 Å². The molecule has 0 aliphatic carbocycles. The summed E-state index contributed by atoms with van der Waals surface area (Å²) in [6.45, 7) is 7.10. The highest BCUT2D eigenvalue weighted by atomic mass is 32.2. The second-order valence-electron chi connectivity index (χ2n) is 4.55. The largest absolute Gasteiger partial charge is 0.375 e. The molecule has 2 unspecified atom stereocenters. The fraction of sp³-hybridized carbons (Fsp3) is 0.769. The van der Waals surface area contributed by atoms with Crippen LogP contribution in [-0.4, -0.2) is 40.5 Å². The van der Waals surface area contributed by atoms with Crippen molar-refractivity contribution in [3.05, 3.63) is 18.0 Å². The van der Waals surface area contributed by atoms with Crippen LogP contribution >= 0.6 is 11.8 Å². The molecule has 18 heavy (non-hydrogen) atoms. The van der Waals surface area contributed by atoms with Gasteiger partial charge in [0, 0.05) is 29.8 Å². The number of nitrogens with zero attached hydrogens (tertiary/aromatic N) is 2. The summed E-state index contributed by atoms with van der Waals surface area (Å²) in [5, 5.41) is 7.97. The summed E-state index contributed by atoms with van der Waals surface area (Å²) >= 11 is 1.98. The number of aryl methyl sites for hydroxylation is 1. The molecular formula is C13H23N3OS. The van der Waals surface area contributed by atoms with Gasteiger partial charge in [-0.15, -0.1) is 0 Å². The summed E-state index contributed by atoms with van der Waals surface area (Å²) in [4.78, 5) is 0. The average Bonchev–Trinajstić information content (AvgIpc) is 2.89. The highest BCUT2D eigenvalue weighted by Gasteiger charge is 2.26. The van der Waals surface area contributed by atoms with E-state index >= 15 is 0 Å². The predicted octanol–water partition coefficient (Wildman–Crippen LogP) is 2.08. The van der Waals surface area contributed by atoms with Gasteiger partial charge in [0.05, 0.1) is 24.9 Å². The normalized spacial score (nSPS) is 22.0. The lowest BCUT2D eigenvalue weighted by atomic mass is 10.1. The SMILES string of the molecule is CCCNC(c1cnn(CC)c1)C1CSCCO1. The van der Waals surface area contributed by atoms with E-state index in [1.165, 1.54) is 5.56 Å². The van der Waals surface area contributed by atoms with Gasteiger partial charge in [-0.05, 0) is 19.9 Å². The highest BCUT2D eigenvalue weighted by Crippen LogP contribution is 2.25. The van der Waals surface area contributed by atoms with Crippen molar-refractivity contribution in [2.24, 2.45) is 0 Å². The minimum absolute atomic E-state index is 0.268. The smallest absolute Gasteiger partial charge is 0.0861 e. The fourth-order valence-electron chi connectivity index (χ4n) is 2.18. The number of rotatable bonds is 6. The summed E-state index contributed by atoms with van der Waals surface area (Å²) < 4.78 is 7.89. The molecule has 1 N–H and O–H groups in total. The molecule has 4 nitrogen and oxygen atoms in total. The number of ether oxygens (including phenoxy) is 1. The monoisotopic (exact) mass is 269 g/mol. The molecule has 1 aliphatic heterocycles. The van der Waals surface area contributed by atoms with Crippen molar-refractivity contribution in [2.75, 3.05) is 24.7 Å². The first-order valence-corrected chi connectivity index (χ1v) is 7.95. The third kappa shape index (κ3) is 3.49. The summed E-state index contributed by atoms with van der Waals surface area (Å²) in [6, 6.07) is 0.276. The Hall–Kier alpha value is -0.520. The second kappa shape index (κ2) is 7.16. The molecular weight excluding hydrogens is 246 g/mol. The van der Waals surface area contributed by atoms with Crippen LogP contribution in [-0.2, 0) is 11.3 Å². The molecule has 0 radical (unpaired) electrons. The molecule has 0 amide bonds. The molecule has 102 valence electrons. The Bertz CT molecular complexity index is 350. The van der Waals surface area contributed by atoms with Crippen LogP contribution in [0.1, 0.15) is 31.9 Å². The van der Waals surface area contributed by atoms with Gasteiger partial charge in [0.2, 0.25) is 0 Å². The first-order chi connectivity index (χ1) is 8.85. The Morgan fingerprint density at radius 3 is 3.11 bits per heavy atom. The number of aromatic nitrogens is 2. The van der Waals surface area contributed by atoms with Crippen LogP contribution in [0.4, 0.5) is 0 Å². The Morgan fingerprint density at radius 2 is 2.50 bits per heavy atom. The topological polar surface area (TPSA) is 39.1 Å². The zero-order valence-electron chi connectivity index (χ0n) is 11.3. The molecule has 0 spiro atoms. The maximum Gasteiger partial charge on any atom is 0.0861 e. The van der Waals surface area contributed by atoms with Gasteiger partial charge in [0.15, 0.2) is 0 Å². The lowest BCUT2D eigenvalue weighted by Gasteiger charge is -2.30. The van der Waals surface area contributed by atoms with Crippen LogP contribution in [0.15, 0.2) is 12.4 Å². The Morgan fingerprint density at radius 1 is 1.61 bits per heavy atom. The van der Waals surface area contributed by atoms with Crippen LogP contribution in [0.25, 0.3) is 0 Å². The number of hydrogen-bond acceptors (Lipinski definition) is 4. The molecule has 1 aliphatic rings. The average molecular weight is 269 g/mol. The molecule has 1 saturated heterocycles. The molecule has 0 aromatic carbocycles. The molecule has 2 rings (SSSR count). The molecule has 2 atom stereocenters. The quantitative estimate of drug-likeness (QED) is 0.858. The molecule has 0 bridgehead atoms. The van der Waals surface area contributed by atoms with Gasteiger partial charge >= 0.3 is 0 Å². The van der Waals surface area contributed by atoms with Gasteiger partial charge < -0.3 is 10.1 Å². The maximum atomic E-state index is 5.91. The molecule has 5 heteroatoms. The van der Waals surface area contributed by atoms with E-state index in [0.29, 0.717) is 0 Å². The van der Waals surface area contributed by atoms with Crippen LogP contribution in [0.5, 0.6) is 0 Å². The van der Waals surface area contributed by atoms with E-state index in [1.807, 2.05) is 22.6 Å². The van der Waals surface area contributed by atoms with Crippen molar-refractivity contribution in [2.45, 2.75) is 39.0 Å². The standard InChI is InChI=1S/C13H23N3OS/c1-3-5-14-13(12-10-18-7-6-17-12)11-8-15-16(4-2)9-11/h8-9,12-14H,3-7,10H2,1-2H3. The lowest BCUT2D eigenvalue weighted by Crippen LogP contribution is -2.38. The summed E-state index contributed by atoms with van der Waals surface area (Å²) in [5.74, 6) is 2.18. The highest BCUT2D eigenvalue weighted by molar-refractivity contribution is 7.99. The van der Waals surface area contributed by atoms with Crippen LogP contribution in [0, 0.1) is 0 Å². The van der Waals surface area contributed by atoms with Crippen molar-refractivity contribution in [1.82, 2.24) is 15.1 Å². The Kier molecular flexibility index (Phi) is 5.53. The number of hydrogen-bond donors (Lipinski definition) is 1. The lowest BCUT2D eigenvalue weighted by molar-refractivity contribution is 0.0468. The van der Waals surface area contributed by atoms with E-state index in [2.05, 4.69) is 30.5 Å². The predicted molar refractivity (Wildman–Crippen MR) is 76.0 cm³/mol. The van der Waals surface area contributed by atoms with E-state index < -0.39 is 0 Å². The van der Waals surface area contributed by atoms with E-state index in [9.17, 15) is 0 Å². The molecule has 1 aromatic rings. The van der Waals surface area contributed by atoms with Crippen molar-refractivity contribution in [3.63, 3.8) is 0 Å². The molecule has 2 heterocycles. The minimum Gasteiger partial charge on any atom is -0.375 e. The van der Waals surface area contributed by atoms with Gasteiger partial charge in [0.1, 0.15) is 0 Å². The van der Waals surface area contributed by atoms with Crippen LogP contribution in [0.3, 0.4) is 0 Å².